The topological polar surface area (TPSA) is 26.3 Å². The summed E-state index contributed by atoms with van der Waals surface area (Å²) in [6.45, 7) is 1.87. The van der Waals surface area contributed by atoms with E-state index in [1.165, 1.54) is 0 Å². The first-order valence-electron chi connectivity index (χ1n) is 3.82. The van der Waals surface area contributed by atoms with Crippen LogP contribution < -0.4 is 0 Å². The van der Waals surface area contributed by atoms with Gasteiger partial charge in [0.15, 0.2) is 0 Å². The molecule has 12 heavy (non-hydrogen) atoms. The van der Waals surface area contributed by atoms with Gasteiger partial charge in [0.1, 0.15) is 12.0 Å². The summed E-state index contributed by atoms with van der Waals surface area (Å²) in [6, 6.07) is 0. The fourth-order valence-corrected chi connectivity index (χ4v) is 1.85. The predicted molar refractivity (Wildman–Crippen MR) is 48.9 cm³/mol. The molecule has 2 atom stereocenters. The van der Waals surface area contributed by atoms with Gasteiger partial charge in [0.25, 0.3) is 0 Å². The van der Waals surface area contributed by atoms with Gasteiger partial charge in [-0.3, -0.25) is 4.79 Å². The third-order valence-corrected chi connectivity index (χ3v) is 2.54. The molecule has 0 saturated carbocycles. The molecule has 1 heterocycles. The van der Waals surface area contributed by atoms with Crippen molar-refractivity contribution in [3.63, 3.8) is 0 Å². The van der Waals surface area contributed by atoms with Gasteiger partial charge in [0.05, 0.1) is 0 Å². The van der Waals surface area contributed by atoms with E-state index in [0.29, 0.717) is 4.86 Å². The molecule has 2 nitrogen and oxygen atoms in total. The largest absolute Gasteiger partial charge is 0.457 e. The summed E-state index contributed by atoms with van der Waals surface area (Å²) in [4.78, 5) is 11.9. The van der Waals surface area contributed by atoms with Crippen molar-refractivity contribution in [2.75, 3.05) is 0 Å². The minimum absolute atomic E-state index is 0.106. The van der Waals surface area contributed by atoms with E-state index in [1.54, 1.807) is 6.08 Å². The van der Waals surface area contributed by atoms with Crippen molar-refractivity contribution in [3.05, 3.63) is 23.8 Å². The number of hydrogen-bond acceptors (Lipinski definition) is 3. The number of allylic oxidation sites excluding steroid dienone is 3. The molecular weight excluding hydrogens is 172 g/mol. The predicted octanol–water partition coefficient (Wildman–Crippen LogP) is 1.41. The van der Waals surface area contributed by atoms with Gasteiger partial charge in [-0.2, -0.15) is 0 Å². The summed E-state index contributed by atoms with van der Waals surface area (Å²) in [5.41, 5.74) is 0.993. The van der Waals surface area contributed by atoms with E-state index in [1.807, 2.05) is 19.1 Å². The molecule has 0 aromatic carbocycles. The monoisotopic (exact) mass is 180 g/mol. The van der Waals surface area contributed by atoms with Gasteiger partial charge in [-0.05, 0) is 18.6 Å². The number of fused-ring (bicyclic) bond motifs is 1. The highest BCUT2D eigenvalue weighted by Gasteiger charge is 2.39. The average Bonchev–Trinajstić information content (AvgIpc) is 2.29. The number of ether oxygens (including phenoxy) is 1. The van der Waals surface area contributed by atoms with Crippen molar-refractivity contribution >= 4 is 23.1 Å². The van der Waals surface area contributed by atoms with Crippen LogP contribution in [0.25, 0.3) is 0 Å². The summed E-state index contributed by atoms with van der Waals surface area (Å²) >= 11 is 5.04. The number of esters is 1. The first-order chi connectivity index (χ1) is 5.70. The molecule has 1 aliphatic carbocycles. The number of cyclic esters (lactones) is 1. The lowest BCUT2D eigenvalue weighted by Gasteiger charge is -2.10. The Kier molecular flexibility index (Phi) is 1.61. The minimum Gasteiger partial charge on any atom is -0.457 e. The van der Waals surface area contributed by atoms with Crippen LogP contribution in [0.5, 0.6) is 0 Å². The van der Waals surface area contributed by atoms with Gasteiger partial charge in [0, 0.05) is 4.86 Å². The second-order valence-electron chi connectivity index (χ2n) is 2.94. The van der Waals surface area contributed by atoms with Crippen LogP contribution >= 0.6 is 12.2 Å². The molecule has 3 heteroatoms. The molecule has 0 spiro atoms. The molecule has 62 valence electrons. The number of carbonyl (C=O) groups excluding carboxylic acids is 1. The van der Waals surface area contributed by atoms with E-state index in [-0.39, 0.29) is 18.0 Å². The lowest BCUT2D eigenvalue weighted by molar-refractivity contribution is -0.142. The third kappa shape index (κ3) is 0.932. The van der Waals surface area contributed by atoms with E-state index in [2.05, 4.69) is 0 Å². The number of carbonyl (C=O) groups is 1. The molecule has 0 radical (unpaired) electrons. The smallest absolute Gasteiger partial charge is 0.319 e. The fourth-order valence-electron chi connectivity index (χ4n) is 1.54. The molecule has 2 unspecified atom stereocenters. The third-order valence-electron chi connectivity index (χ3n) is 2.17. The molecule has 1 fully saturated rings. The maximum Gasteiger partial charge on any atom is 0.319 e. The summed E-state index contributed by atoms with van der Waals surface area (Å²) in [5, 5.41) is 0. The Bertz CT molecular complexity index is 314. The van der Waals surface area contributed by atoms with Gasteiger partial charge < -0.3 is 4.74 Å². The van der Waals surface area contributed by atoms with Gasteiger partial charge in [0.2, 0.25) is 0 Å². The van der Waals surface area contributed by atoms with Crippen LogP contribution in [0.1, 0.15) is 6.92 Å². The van der Waals surface area contributed by atoms with Crippen LogP contribution in [-0.4, -0.2) is 16.9 Å². The molecule has 0 amide bonds. The normalized spacial score (nSPS) is 32.9. The zero-order chi connectivity index (χ0) is 8.72. The Morgan fingerprint density at radius 1 is 1.58 bits per heavy atom. The second-order valence-corrected chi connectivity index (χ2v) is 3.41. The molecule has 2 rings (SSSR count). The van der Waals surface area contributed by atoms with Crippen molar-refractivity contribution in [1.29, 1.82) is 0 Å². The van der Waals surface area contributed by atoms with Gasteiger partial charge in [-0.25, -0.2) is 0 Å². The van der Waals surface area contributed by atoms with Crippen molar-refractivity contribution in [2.24, 2.45) is 5.92 Å². The molecule has 1 saturated heterocycles. The highest BCUT2D eigenvalue weighted by molar-refractivity contribution is 7.80. The molecule has 2 aliphatic rings. The summed E-state index contributed by atoms with van der Waals surface area (Å²) in [5.74, 6) is -0.483. The van der Waals surface area contributed by atoms with Crippen LogP contribution in [0.3, 0.4) is 0 Å². The Labute approximate surface area is 75.9 Å². The summed E-state index contributed by atoms with van der Waals surface area (Å²) in [7, 11) is 0. The first-order valence-corrected chi connectivity index (χ1v) is 4.23. The van der Waals surface area contributed by atoms with E-state index in [0.717, 1.165) is 5.57 Å². The van der Waals surface area contributed by atoms with E-state index in [9.17, 15) is 4.79 Å². The summed E-state index contributed by atoms with van der Waals surface area (Å²) in [6.07, 6.45) is 5.45. The Morgan fingerprint density at radius 2 is 2.33 bits per heavy atom. The van der Waals surface area contributed by atoms with Crippen LogP contribution in [0.2, 0.25) is 0 Å². The molecule has 0 N–H and O–H groups in total. The molecule has 0 aromatic heterocycles. The van der Waals surface area contributed by atoms with Crippen molar-refractivity contribution in [3.8, 4) is 0 Å². The molecule has 0 bridgehead atoms. The highest BCUT2D eigenvalue weighted by atomic mass is 32.1. The first kappa shape index (κ1) is 7.68. The van der Waals surface area contributed by atoms with Gasteiger partial charge >= 0.3 is 5.97 Å². The maximum absolute atomic E-state index is 11.2. The number of rotatable bonds is 0. The Hall–Kier alpha value is -0.960. The minimum atomic E-state index is -0.278. The zero-order valence-corrected chi connectivity index (χ0v) is 7.43. The van der Waals surface area contributed by atoms with Gasteiger partial charge in [-0.1, -0.05) is 24.4 Å². The number of hydrogen-bond donors (Lipinski definition) is 0. The Morgan fingerprint density at radius 3 is 3.00 bits per heavy atom. The Balaban J connectivity index is 2.44. The quantitative estimate of drug-likeness (QED) is 0.416. The van der Waals surface area contributed by atoms with Crippen LogP contribution in [0.4, 0.5) is 0 Å². The lowest BCUT2D eigenvalue weighted by atomic mass is 9.91. The molecular formula is C9H8O2S. The average molecular weight is 180 g/mol. The lowest BCUT2D eigenvalue weighted by Crippen LogP contribution is -2.19. The van der Waals surface area contributed by atoms with Crippen LogP contribution in [0, 0.1) is 5.92 Å². The maximum atomic E-state index is 11.2. The van der Waals surface area contributed by atoms with Crippen LogP contribution in [0.15, 0.2) is 23.8 Å². The molecule has 1 aliphatic heterocycles. The van der Waals surface area contributed by atoms with E-state index in [4.69, 9.17) is 17.0 Å². The van der Waals surface area contributed by atoms with Gasteiger partial charge in [-0.15, -0.1) is 0 Å². The SMILES string of the molecule is CC1OC(=O)C2C(=S)C=CC=C12. The zero-order valence-electron chi connectivity index (χ0n) is 6.61. The van der Waals surface area contributed by atoms with Crippen molar-refractivity contribution < 1.29 is 9.53 Å². The molecule has 0 aromatic rings. The van der Waals surface area contributed by atoms with Crippen LogP contribution in [-0.2, 0) is 9.53 Å². The fraction of sp³-hybridized carbons (Fsp3) is 0.333. The van der Waals surface area contributed by atoms with Crippen molar-refractivity contribution in [1.82, 2.24) is 0 Å². The van der Waals surface area contributed by atoms with Crippen molar-refractivity contribution in [2.45, 2.75) is 13.0 Å². The number of thiocarbonyl (C=S) groups is 1. The van der Waals surface area contributed by atoms with E-state index < -0.39 is 0 Å². The summed E-state index contributed by atoms with van der Waals surface area (Å²) < 4.78 is 5.04. The standard InChI is InChI=1S/C9H8O2S/c1-5-6-3-2-4-7(12)8(6)9(10)11-5/h2-5,8H,1H3. The second kappa shape index (κ2) is 2.52. The highest BCUT2D eigenvalue weighted by Crippen LogP contribution is 2.31. The van der Waals surface area contributed by atoms with E-state index >= 15 is 0 Å².